The number of rotatable bonds is 5. The molecule has 22 heavy (non-hydrogen) atoms. The molecule has 0 aliphatic rings. The summed E-state index contributed by atoms with van der Waals surface area (Å²) in [6.07, 6.45) is 0. The summed E-state index contributed by atoms with van der Waals surface area (Å²) in [5, 5.41) is 9.09. The minimum atomic E-state index is -3.96. The smallest absolute Gasteiger partial charge is 0.339 e. The average Bonchev–Trinajstić information content (AvgIpc) is 2.54. The van der Waals surface area contributed by atoms with E-state index in [-0.39, 0.29) is 17.1 Å². The number of hydrogen-bond donors (Lipinski definition) is 2. The highest BCUT2D eigenvalue weighted by Gasteiger charge is 2.22. The monoisotopic (exact) mass is 321 g/mol. The van der Waals surface area contributed by atoms with Gasteiger partial charge >= 0.3 is 5.97 Å². The van der Waals surface area contributed by atoms with Gasteiger partial charge in [0.1, 0.15) is 4.90 Å². The van der Waals surface area contributed by atoms with E-state index in [1.54, 1.807) is 24.3 Å². The summed E-state index contributed by atoms with van der Waals surface area (Å²) in [6, 6.07) is 12.1. The lowest BCUT2D eigenvalue weighted by molar-refractivity contribution is 0.0596. The summed E-state index contributed by atoms with van der Waals surface area (Å²) in [4.78, 5) is 11.5. The number of aliphatic hydroxyl groups excluding tert-OH is 1. The van der Waals surface area contributed by atoms with Gasteiger partial charge in [-0.15, -0.1) is 0 Å². The van der Waals surface area contributed by atoms with E-state index in [1.165, 1.54) is 31.4 Å². The average molecular weight is 321 g/mol. The summed E-state index contributed by atoms with van der Waals surface area (Å²) in [5.74, 6) is -0.731. The SMILES string of the molecule is COC(=O)c1ccccc1S(=O)(=O)Nc1cccc(CO)c1. The Morgan fingerprint density at radius 1 is 1.18 bits per heavy atom. The summed E-state index contributed by atoms with van der Waals surface area (Å²) in [5.41, 5.74) is 0.823. The van der Waals surface area contributed by atoms with Crippen LogP contribution in [0.5, 0.6) is 0 Å². The molecule has 2 aromatic carbocycles. The third-order valence-corrected chi connectivity index (χ3v) is 4.38. The normalized spacial score (nSPS) is 11.0. The summed E-state index contributed by atoms with van der Waals surface area (Å²) < 4.78 is 31.9. The van der Waals surface area contributed by atoms with Crippen molar-refractivity contribution in [3.05, 3.63) is 59.7 Å². The molecule has 0 saturated carbocycles. The first kappa shape index (κ1) is 16.0. The number of carbonyl (C=O) groups excluding carboxylic acids is 1. The first-order chi connectivity index (χ1) is 10.5. The molecule has 7 heteroatoms. The maximum Gasteiger partial charge on any atom is 0.339 e. The molecule has 2 aromatic rings. The molecule has 0 aliphatic carbocycles. The molecule has 0 fully saturated rings. The van der Waals surface area contributed by atoms with Crippen molar-refractivity contribution in [3.63, 3.8) is 0 Å². The third-order valence-electron chi connectivity index (χ3n) is 2.94. The van der Waals surface area contributed by atoms with E-state index < -0.39 is 16.0 Å². The number of methoxy groups -OCH3 is 1. The highest BCUT2D eigenvalue weighted by atomic mass is 32.2. The number of benzene rings is 2. The predicted molar refractivity (Wildman–Crippen MR) is 81.0 cm³/mol. The van der Waals surface area contributed by atoms with Crippen LogP contribution in [-0.2, 0) is 21.4 Å². The summed E-state index contributed by atoms with van der Waals surface area (Å²) in [7, 11) is -2.77. The molecule has 0 aromatic heterocycles. The molecule has 0 spiro atoms. The van der Waals surface area contributed by atoms with Gasteiger partial charge in [-0.05, 0) is 29.8 Å². The van der Waals surface area contributed by atoms with Gasteiger partial charge in [0, 0.05) is 5.69 Å². The molecule has 6 nitrogen and oxygen atoms in total. The Morgan fingerprint density at radius 3 is 2.59 bits per heavy atom. The number of esters is 1. The number of hydrogen-bond acceptors (Lipinski definition) is 5. The van der Waals surface area contributed by atoms with Gasteiger partial charge in [-0.25, -0.2) is 13.2 Å². The number of aliphatic hydroxyl groups is 1. The standard InChI is InChI=1S/C15H15NO5S/c1-21-15(18)13-7-2-3-8-14(13)22(19,20)16-12-6-4-5-11(9-12)10-17/h2-9,16-17H,10H2,1H3. The topological polar surface area (TPSA) is 92.7 Å². The Balaban J connectivity index is 2.41. The highest BCUT2D eigenvalue weighted by Crippen LogP contribution is 2.21. The first-order valence-electron chi connectivity index (χ1n) is 6.38. The fraction of sp³-hybridized carbons (Fsp3) is 0.133. The molecule has 0 bridgehead atoms. The maximum atomic E-state index is 12.5. The van der Waals surface area contributed by atoms with Crippen molar-refractivity contribution in [1.82, 2.24) is 0 Å². The van der Waals surface area contributed by atoms with Crippen LogP contribution in [0.3, 0.4) is 0 Å². The van der Waals surface area contributed by atoms with E-state index in [4.69, 9.17) is 5.11 Å². The van der Waals surface area contributed by atoms with Crippen LogP contribution in [0.15, 0.2) is 53.4 Å². The first-order valence-corrected chi connectivity index (χ1v) is 7.86. The highest BCUT2D eigenvalue weighted by molar-refractivity contribution is 7.92. The molecule has 0 saturated heterocycles. The van der Waals surface area contributed by atoms with Gasteiger partial charge in [-0.1, -0.05) is 24.3 Å². The zero-order chi connectivity index (χ0) is 16.2. The Morgan fingerprint density at radius 2 is 1.91 bits per heavy atom. The largest absolute Gasteiger partial charge is 0.465 e. The second kappa shape index (κ2) is 6.59. The van der Waals surface area contributed by atoms with Crippen molar-refractivity contribution >= 4 is 21.7 Å². The van der Waals surface area contributed by atoms with Gasteiger partial charge in [-0.2, -0.15) is 0 Å². The quantitative estimate of drug-likeness (QED) is 0.819. The van der Waals surface area contributed by atoms with Crippen LogP contribution in [0.1, 0.15) is 15.9 Å². The van der Waals surface area contributed by atoms with Gasteiger partial charge in [0.2, 0.25) is 0 Å². The van der Waals surface area contributed by atoms with Gasteiger partial charge in [0.15, 0.2) is 0 Å². The van der Waals surface area contributed by atoms with Crippen LogP contribution in [0.25, 0.3) is 0 Å². The third kappa shape index (κ3) is 3.44. The fourth-order valence-electron chi connectivity index (χ4n) is 1.92. The van der Waals surface area contributed by atoms with Crippen LogP contribution in [0, 0.1) is 0 Å². The molecule has 116 valence electrons. The zero-order valence-corrected chi connectivity index (χ0v) is 12.6. The molecule has 0 unspecified atom stereocenters. The number of carbonyl (C=O) groups is 1. The fourth-order valence-corrected chi connectivity index (χ4v) is 3.17. The molecule has 0 aliphatic heterocycles. The Bertz CT molecular complexity index is 786. The molecular weight excluding hydrogens is 306 g/mol. The van der Waals surface area contributed by atoms with Crippen LogP contribution in [0.4, 0.5) is 5.69 Å². The lowest BCUT2D eigenvalue weighted by Gasteiger charge is -2.11. The molecule has 2 N–H and O–H groups in total. The van der Waals surface area contributed by atoms with E-state index in [0.29, 0.717) is 11.3 Å². The number of nitrogens with one attached hydrogen (secondary N) is 1. The minimum absolute atomic E-state index is 0.0455. The van der Waals surface area contributed by atoms with Gasteiger partial charge in [0.25, 0.3) is 10.0 Å². The van der Waals surface area contributed by atoms with E-state index in [1.807, 2.05) is 0 Å². The molecule has 0 atom stereocenters. The number of anilines is 1. The lowest BCUT2D eigenvalue weighted by atomic mass is 10.2. The molecule has 0 radical (unpaired) electrons. The van der Waals surface area contributed by atoms with Gasteiger partial charge in [0.05, 0.1) is 19.3 Å². The van der Waals surface area contributed by atoms with Crippen molar-refractivity contribution in [3.8, 4) is 0 Å². The zero-order valence-electron chi connectivity index (χ0n) is 11.8. The lowest BCUT2D eigenvalue weighted by Crippen LogP contribution is -2.17. The second-order valence-electron chi connectivity index (χ2n) is 4.45. The van der Waals surface area contributed by atoms with Crippen LogP contribution < -0.4 is 4.72 Å². The Hall–Kier alpha value is -2.38. The van der Waals surface area contributed by atoms with Gasteiger partial charge in [-0.3, -0.25) is 4.72 Å². The van der Waals surface area contributed by atoms with Crippen LogP contribution >= 0.6 is 0 Å². The van der Waals surface area contributed by atoms with Crippen molar-refractivity contribution in [2.75, 3.05) is 11.8 Å². The van der Waals surface area contributed by atoms with E-state index in [9.17, 15) is 13.2 Å². The second-order valence-corrected chi connectivity index (χ2v) is 6.10. The Labute approximate surface area is 128 Å². The van der Waals surface area contributed by atoms with E-state index >= 15 is 0 Å². The van der Waals surface area contributed by atoms with Crippen molar-refractivity contribution in [1.29, 1.82) is 0 Å². The maximum absolute atomic E-state index is 12.5. The Kier molecular flexibility index (Phi) is 4.79. The van der Waals surface area contributed by atoms with Crippen molar-refractivity contribution in [2.45, 2.75) is 11.5 Å². The molecular formula is C15H15NO5S. The van der Waals surface area contributed by atoms with Crippen molar-refractivity contribution in [2.24, 2.45) is 0 Å². The number of sulfonamides is 1. The van der Waals surface area contributed by atoms with E-state index in [0.717, 1.165) is 0 Å². The minimum Gasteiger partial charge on any atom is -0.465 e. The molecule has 2 rings (SSSR count). The summed E-state index contributed by atoms with van der Waals surface area (Å²) in [6.45, 7) is -0.200. The molecule has 0 heterocycles. The number of ether oxygens (including phenoxy) is 1. The molecule has 0 amide bonds. The van der Waals surface area contributed by atoms with Crippen molar-refractivity contribution < 1.29 is 23.1 Å². The predicted octanol–water partition coefficient (Wildman–Crippen LogP) is 1.77. The van der Waals surface area contributed by atoms with Gasteiger partial charge < -0.3 is 9.84 Å². The summed E-state index contributed by atoms with van der Waals surface area (Å²) >= 11 is 0. The van der Waals surface area contributed by atoms with E-state index in [2.05, 4.69) is 9.46 Å². The van der Waals surface area contributed by atoms with Crippen LogP contribution in [0.2, 0.25) is 0 Å². The van der Waals surface area contributed by atoms with Crippen LogP contribution in [-0.4, -0.2) is 26.6 Å².